The third-order valence-electron chi connectivity index (χ3n) is 3.46. The fourth-order valence-electron chi connectivity index (χ4n) is 2.24. The summed E-state index contributed by atoms with van der Waals surface area (Å²) in [5.41, 5.74) is 2.99. The van der Waals surface area contributed by atoms with E-state index in [-0.39, 0.29) is 5.97 Å². The molecule has 0 atom stereocenters. The molecule has 122 valence electrons. The molecule has 0 aliphatic rings. The molecular formula is C18H23N3O2. The summed E-state index contributed by atoms with van der Waals surface area (Å²) in [6.07, 6.45) is 2.16. The van der Waals surface area contributed by atoms with Crippen LogP contribution in [0.2, 0.25) is 0 Å². The van der Waals surface area contributed by atoms with Crippen LogP contribution in [0.15, 0.2) is 36.4 Å². The lowest BCUT2D eigenvalue weighted by molar-refractivity contribution is -0.143. The van der Waals surface area contributed by atoms with Crippen LogP contribution >= 0.6 is 0 Å². The molecule has 5 heteroatoms. The van der Waals surface area contributed by atoms with E-state index in [1.165, 1.54) is 0 Å². The van der Waals surface area contributed by atoms with Crippen molar-refractivity contribution >= 4 is 11.8 Å². The summed E-state index contributed by atoms with van der Waals surface area (Å²) < 4.78 is 4.90. The zero-order valence-corrected chi connectivity index (χ0v) is 13.7. The molecule has 0 bridgehead atoms. The Hall–Kier alpha value is -2.43. The van der Waals surface area contributed by atoms with Crippen molar-refractivity contribution in [2.45, 2.75) is 33.1 Å². The second kappa shape index (κ2) is 8.88. The van der Waals surface area contributed by atoms with Crippen molar-refractivity contribution in [2.75, 3.05) is 18.5 Å². The number of nitrogens with one attached hydrogen (secondary N) is 1. The third-order valence-corrected chi connectivity index (χ3v) is 3.46. The zero-order chi connectivity index (χ0) is 16.5. The lowest BCUT2D eigenvalue weighted by Gasteiger charge is -2.09. The van der Waals surface area contributed by atoms with Gasteiger partial charge in [0.25, 0.3) is 0 Å². The fourth-order valence-corrected chi connectivity index (χ4v) is 2.24. The first kappa shape index (κ1) is 16.9. The Morgan fingerprint density at radius 2 is 1.96 bits per heavy atom. The van der Waals surface area contributed by atoms with Gasteiger partial charge in [-0.2, -0.15) is 0 Å². The highest BCUT2D eigenvalue weighted by atomic mass is 16.5. The van der Waals surface area contributed by atoms with E-state index in [4.69, 9.17) is 4.74 Å². The van der Waals surface area contributed by atoms with E-state index in [2.05, 4.69) is 15.5 Å². The second-order valence-electron chi connectivity index (χ2n) is 5.32. The quantitative estimate of drug-likeness (QED) is 0.596. The van der Waals surface area contributed by atoms with Crippen molar-refractivity contribution < 1.29 is 9.53 Å². The second-order valence-corrected chi connectivity index (χ2v) is 5.32. The van der Waals surface area contributed by atoms with Gasteiger partial charge in [-0.05, 0) is 38.3 Å². The van der Waals surface area contributed by atoms with Crippen LogP contribution in [0.1, 0.15) is 31.7 Å². The molecule has 2 rings (SSSR count). The lowest BCUT2D eigenvalue weighted by atomic mass is 10.1. The van der Waals surface area contributed by atoms with E-state index in [1.54, 1.807) is 0 Å². The smallest absolute Gasteiger partial charge is 0.305 e. The van der Waals surface area contributed by atoms with Crippen LogP contribution in [0.3, 0.4) is 0 Å². The Labute approximate surface area is 137 Å². The third kappa shape index (κ3) is 5.36. The van der Waals surface area contributed by atoms with Gasteiger partial charge in [-0.1, -0.05) is 30.3 Å². The lowest BCUT2D eigenvalue weighted by Crippen LogP contribution is -2.08. The molecule has 0 saturated carbocycles. The first-order chi connectivity index (χ1) is 11.2. The van der Waals surface area contributed by atoms with Gasteiger partial charge in [-0.25, -0.2) is 0 Å². The maximum Gasteiger partial charge on any atom is 0.305 e. The Bertz CT molecular complexity index is 629. The monoisotopic (exact) mass is 313 g/mol. The number of hydrogen-bond acceptors (Lipinski definition) is 5. The summed E-state index contributed by atoms with van der Waals surface area (Å²) in [6.45, 7) is 5.04. The molecule has 0 radical (unpaired) electrons. The zero-order valence-electron chi connectivity index (χ0n) is 13.7. The van der Waals surface area contributed by atoms with Gasteiger partial charge in [0.05, 0.1) is 12.3 Å². The SMILES string of the molecule is CCOC(=O)CCCCNc1nnc(-c2ccccc2)cc1C. The summed E-state index contributed by atoms with van der Waals surface area (Å²) in [7, 11) is 0. The molecule has 2 aromatic rings. The molecule has 0 amide bonds. The molecule has 1 aromatic carbocycles. The Morgan fingerprint density at radius 3 is 2.65 bits per heavy atom. The van der Waals surface area contributed by atoms with Crippen molar-refractivity contribution in [3.63, 3.8) is 0 Å². The molecule has 0 spiro atoms. The van der Waals surface area contributed by atoms with E-state index >= 15 is 0 Å². The summed E-state index contributed by atoms with van der Waals surface area (Å²) in [6, 6.07) is 12.0. The number of ether oxygens (including phenoxy) is 1. The van der Waals surface area contributed by atoms with Crippen molar-refractivity contribution in [1.29, 1.82) is 0 Å². The van der Waals surface area contributed by atoms with Gasteiger partial charge in [0, 0.05) is 18.5 Å². The minimum absolute atomic E-state index is 0.129. The normalized spacial score (nSPS) is 10.3. The molecule has 0 aliphatic heterocycles. The number of anilines is 1. The van der Waals surface area contributed by atoms with Crippen molar-refractivity contribution in [2.24, 2.45) is 0 Å². The van der Waals surface area contributed by atoms with Crippen LogP contribution in [0.4, 0.5) is 5.82 Å². The predicted octanol–water partition coefficient (Wildman–Crippen LogP) is 3.60. The standard InChI is InChI=1S/C18H23N3O2/c1-3-23-17(22)11-7-8-12-19-18-14(2)13-16(20-21-18)15-9-5-4-6-10-15/h4-6,9-10,13H,3,7-8,11-12H2,1-2H3,(H,19,21). The van der Waals surface area contributed by atoms with Crippen molar-refractivity contribution in [3.8, 4) is 11.3 Å². The number of aryl methyl sites for hydroxylation is 1. The van der Waals surface area contributed by atoms with Crippen LogP contribution in [-0.4, -0.2) is 29.3 Å². The molecule has 0 fully saturated rings. The molecule has 1 heterocycles. The molecule has 23 heavy (non-hydrogen) atoms. The highest BCUT2D eigenvalue weighted by Crippen LogP contribution is 2.19. The van der Waals surface area contributed by atoms with Gasteiger partial charge < -0.3 is 10.1 Å². The fraction of sp³-hybridized carbons (Fsp3) is 0.389. The van der Waals surface area contributed by atoms with Crippen LogP contribution in [-0.2, 0) is 9.53 Å². The first-order valence-electron chi connectivity index (χ1n) is 8.00. The maximum atomic E-state index is 11.2. The van der Waals surface area contributed by atoms with E-state index in [1.807, 2.05) is 50.2 Å². The van der Waals surface area contributed by atoms with Crippen molar-refractivity contribution in [1.82, 2.24) is 10.2 Å². The highest BCUT2D eigenvalue weighted by molar-refractivity contribution is 5.69. The number of unbranched alkanes of at least 4 members (excludes halogenated alkanes) is 1. The molecule has 5 nitrogen and oxygen atoms in total. The Balaban J connectivity index is 1.81. The summed E-state index contributed by atoms with van der Waals surface area (Å²) in [5, 5.41) is 11.8. The number of rotatable bonds is 8. The van der Waals surface area contributed by atoms with Gasteiger partial charge in [-0.15, -0.1) is 10.2 Å². The summed E-state index contributed by atoms with van der Waals surface area (Å²) in [4.78, 5) is 11.2. The van der Waals surface area contributed by atoms with Crippen molar-refractivity contribution in [3.05, 3.63) is 42.0 Å². The average molecular weight is 313 g/mol. The molecule has 0 saturated heterocycles. The first-order valence-corrected chi connectivity index (χ1v) is 8.00. The van der Waals surface area contributed by atoms with E-state index in [0.29, 0.717) is 13.0 Å². The van der Waals surface area contributed by atoms with Gasteiger partial charge in [0.15, 0.2) is 5.82 Å². The molecule has 0 unspecified atom stereocenters. The van der Waals surface area contributed by atoms with Crippen LogP contribution < -0.4 is 5.32 Å². The number of benzene rings is 1. The maximum absolute atomic E-state index is 11.2. The minimum atomic E-state index is -0.129. The number of hydrogen-bond donors (Lipinski definition) is 1. The van der Waals surface area contributed by atoms with Gasteiger partial charge >= 0.3 is 5.97 Å². The average Bonchev–Trinajstić information content (AvgIpc) is 2.57. The number of esters is 1. The van der Waals surface area contributed by atoms with E-state index < -0.39 is 0 Å². The predicted molar refractivity (Wildman–Crippen MR) is 91.2 cm³/mol. The van der Waals surface area contributed by atoms with E-state index in [9.17, 15) is 4.79 Å². The largest absolute Gasteiger partial charge is 0.466 e. The van der Waals surface area contributed by atoms with Gasteiger partial charge in [-0.3, -0.25) is 4.79 Å². The molecule has 0 aliphatic carbocycles. The highest BCUT2D eigenvalue weighted by Gasteiger charge is 2.05. The number of carbonyl (C=O) groups excluding carboxylic acids is 1. The van der Waals surface area contributed by atoms with Gasteiger partial charge in [0.2, 0.25) is 0 Å². The Kier molecular flexibility index (Phi) is 6.54. The van der Waals surface area contributed by atoms with Crippen LogP contribution in [0.25, 0.3) is 11.3 Å². The summed E-state index contributed by atoms with van der Waals surface area (Å²) in [5.74, 6) is 0.663. The number of carbonyl (C=O) groups is 1. The van der Waals surface area contributed by atoms with Crippen LogP contribution in [0.5, 0.6) is 0 Å². The number of aromatic nitrogens is 2. The molecule has 1 aromatic heterocycles. The summed E-state index contributed by atoms with van der Waals surface area (Å²) >= 11 is 0. The topological polar surface area (TPSA) is 64.1 Å². The molecular weight excluding hydrogens is 290 g/mol. The van der Waals surface area contributed by atoms with Gasteiger partial charge in [0.1, 0.15) is 0 Å². The molecule has 1 N–H and O–H groups in total. The van der Waals surface area contributed by atoms with E-state index in [0.717, 1.165) is 42.0 Å². The number of nitrogens with zero attached hydrogens (tertiary/aromatic N) is 2. The Morgan fingerprint density at radius 1 is 1.17 bits per heavy atom. The minimum Gasteiger partial charge on any atom is -0.466 e. The van der Waals surface area contributed by atoms with Crippen LogP contribution in [0, 0.1) is 6.92 Å².